The Kier molecular flexibility index (Phi) is 25.7. The molecule has 0 radical (unpaired) electrons. The summed E-state index contributed by atoms with van der Waals surface area (Å²) >= 11 is 3.88. The molecule has 0 spiro atoms. The molecule has 67 heavy (non-hydrogen) atoms. The molecule has 0 aliphatic heterocycles. The zero-order valence-corrected chi connectivity index (χ0v) is 41.3. The highest BCUT2D eigenvalue weighted by molar-refractivity contribution is 8.17. The minimum Gasteiger partial charge on any atom is -0.371 e. The Morgan fingerprint density at radius 1 is 0.358 bits per heavy atom. The maximum Gasteiger partial charge on any atom is 0.151 e. The van der Waals surface area contributed by atoms with Gasteiger partial charge in [0.1, 0.15) is 24.4 Å². The van der Waals surface area contributed by atoms with Crippen molar-refractivity contribution < 1.29 is 33.2 Å². The van der Waals surface area contributed by atoms with Crippen LogP contribution in [0.1, 0.15) is 73.9 Å². The highest BCUT2D eigenvalue weighted by atomic mass is 32.2. The molecule has 0 aliphatic carbocycles. The first-order valence-corrected chi connectivity index (χ1v) is 25.8. The molecular formula is C58H70O7S2. The third-order valence-electron chi connectivity index (χ3n) is 11.0. The number of hydrogen-bond donors (Lipinski definition) is 0. The van der Waals surface area contributed by atoms with Crippen LogP contribution in [-0.4, -0.2) is 59.0 Å². The molecule has 0 aromatic heterocycles. The summed E-state index contributed by atoms with van der Waals surface area (Å²) in [5, 5.41) is 0. The molecule has 6 aromatic rings. The molecule has 356 valence electrons. The topological polar surface area (TPSA) is 72.5 Å². The molecule has 0 unspecified atom stereocenters. The van der Waals surface area contributed by atoms with E-state index in [0.29, 0.717) is 46.1 Å². The third kappa shape index (κ3) is 19.5. The normalized spacial score (nSPS) is 14.0. The van der Waals surface area contributed by atoms with E-state index in [4.69, 9.17) is 28.4 Å². The minimum absolute atomic E-state index is 0.0906. The highest BCUT2D eigenvalue weighted by Gasteiger charge is 2.37. The van der Waals surface area contributed by atoms with E-state index in [1.165, 1.54) is 11.1 Å². The number of carbonyl (C=O) groups is 1. The third-order valence-corrected chi connectivity index (χ3v) is 13.7. The lowest BCUT2D eigenvalue weighted by Gasteiger charge is -2.37. The van der Waals surface area contributed by atoms with Gasteiger partial charge in [-0.15, -0.1) is 23.5 Å². The molecule has 0 saturated heterocycles. The van der Waals surface area contributed by atoms with E-state index >= 15 is 0 Å². The van der Waals surface area contributed by atoms with Crippen molar-refractivity contribution in [1.29, 1.82) is 0 Å². The van der Waals surface area contributed by atoms with E-state index in [9.17, 15) is 4.79 Å². The van der Waals surface area contributed by atoms with E-state index in [0.717, 1.165) is 46.5 Å². The second-order valence-corrected chi connectivity index (χ2v) is 19.1. The molecule has 0 N–H and O–H groups in total. The van der Waals surface area contributed by atoms with Gasteiger partial charge in [0.2, 0.25) is 0 Å². The van der Waals surface area contributed by atoms with E-state index < -0.39 is 12.2 Å². The Labute approximate surface area is 409 Å². The second-order valence-electron chi connectivity index (χ2n) is 15.9. The first kappa shape index (κ1) is 53.4. The summed E-state index contributed by atoms with van der Waals surface area (Å²) in [6, 6.07) is 60.9. The number of ether oxygens (including phenoxy) is 6. The van der Waals surface area contributed by atoms with Crippen molar-refractivity contribution in [2.45, 2.75) is 121 Å². The predicted octanol–water partition coefficient (Wildman–Crippen LogP) is 13.3. The SMILES string of the molecule is CCSC(SCC)[C@@H](OCc1ccccc1)[C@H](OCc1ccccc1)[C@@H](CC)OCc1ccccc1.CC[C@@H](OCc1ccccc1)[C@@H](OCc1ccccc1)[C@@H](C=O)OCc1ccccc1. The van der Waals surface area contributed by atoms with Crippen LogP contribution < -0.4 is 0 Å². The Balaban J connectivity index is 0.000000254. The van der Waals surface area contributed by atoms with E-state index in [1.807, 2.05) is 140 Å². The number of aldehydes is 1. The van der Waals surface area contributed by atoms with Gasteiger partial charge in [-0.2, -0.15) is 0 Å². The summed E-state index contributed by atoms with van der Waals surface area (Å²) in [5.41, 5.74) is 6.62. The smallest absolute Gasteiger partial charge is 0.151 e. The molecular weight excluding hydrogens is 873 g/mol. The quantitative estimate of drug-likeness (QED) is 0.0324. The van der Waals surface area contributed by atoms with Crippen LogP contribution in [0.4, 0.5) is 0 Å². The fourth-order valence-corrected chi connectivity index (χ4v) is 10.2. The van der Waals surface area contributed by atoms with Crippen LogP contribution in [0.25, 0.3) is 0 Å². The van der Waals surface area contributed by atoms with Crippen molar-refractivity contribution in [3.8, 4) is 0 Å². The summed E-state index contributed by atoms with van der Waals surface area (Å²) in [4.78, 5) is 12.0. The zero-order chi connectivity index (χ0) is 47.2. The second kappa shape index (κ2) is 32.2. The minimum atomic E-state index is -0.732. The number of carbonyl (C=O) groups excluding carboxylic acids is 1. The van der Waals surface area contributed by atoms with Crippen LogP contribution in [0.15, 0.2) is 182 Å². The van der Waals surface area contributed by atoms with Crippen LogP contribution in [0.3, 0.4) is 0 Å². The van der Waals surface area contributed by atoms with Gasteiger partial charge in [0.05, 0.1) is 56.4 Å². The van der Waals surface area contributed by atoms with Gasteiger partial charge in [0.15, 0.2) is 6.29 Å². The van der Waals surface area contributed by atoms with E-state index in [2.05, 4.69) is 93.6 Å². The molecule has 9 heteroatoms. The molecule has 6 aromatic carbocycles. The average Bonchev–Trinajstić information content (AvgIpc) is 3.39. The Bertz CT molecular complexity index is 2110. The van der Waals surface area contributed by atoms with E-state index in [-0.39, 0.29) is 29.0 Å². The van der Waals surface area contributed by atoms with Crippen LogP contribution in [0.2, 0.25) is 0 Å². The lowest BCUT2D eigenvalue weighted by Crippen LogP contribution is -2.46. The van der Waals surface area contributed by atoms with Crippen LogP contribution in [-0.2, 0) is 72.9 Å². The summed E-state index contributed by atoms with van der Waals surface area (Å²) in [7, 11) is 0. The Morgan fingerprint density at radius 2 is 0.627 bits per heavy atom. The lowest BCUT2D eigenvalue weighted by atomic mass is 10.1. The summed E-state index contributed by atoms with van der Waals surface area (Å²) in [6.07, 6.45) is 0.424. The number of rotatable bonds is 30. The summed E-state index contributed by atoms with van der Waals surface area (Å²) in [6.45, 7) is 11.5. The van der Waals surface area contributed by atoms with Crippen molar-refractivity contribution in [2.75, 3.05) is 11.5 Å². The van der Waals surface area contributed by atoms with Crippen LogP contribution >= 0.6 is 23.5 Å². The van der Waals surface area contributed by atoms with Crippen molar-refractivity contribution in [3.05, 3.63) is 215 Å². The van der Waals surface area contributed by atoms with Gasteiger partial charge in [-0.3, -0.25) is 0 Å². The first-order chi connectivity index (χ1) is 33.0. The molecule has 0 heterocycles. The van der Waals surface area contributed by atoms with Gasteiger partial charge >= 0.3 is 0 Å². The molecule has 0 saturated carbocycles. The van der Waals surface area contributed by atoms with E-state index in [1.54, 1.807) is 0 Å². The number of hydrogen-bond acceptors (Lipinski definition) is 9. The number of thioether (sulfide) groups is 2. The summed E-state index contributed by atoms with van der Waals surface area (Å²) < 4.78 is 38.7. The van der Waals surface area contributed by atoms with Crippen molar-refractivity contribution in [2.24, 2.45) is 0 Å². The Morgan fingerprint density at radius 3 is 0.925 bits per heavy atom. The maximum absolute atomic E-state index is 12.0. The van der Waals surface area contributed by atoms with Crippen molar-refractivity contribution in [3.63, 3.8) is 0 Å². The standard InChI is InChI=1S/C31H40O3S2.C27H30O4/c1-4-28(32-22-25-16-10-7-11-17-25)29(33-23-26-18-12-8-13-19-26)30(31(35-5-2)36-6-3)34-24-27-20-14-9-15-21-27;1-2-25(29-19-22-12-6-3-7-13-22)27(31-21-24-16-10-5-11-17-24)26(18-28)30-20-23-14-8-4-9-15-23/h7-21,28-31H,4-6,22-24H2,1-3H3;3-18,25-27H,2,19-21H2,1H3/t28-,29-,30+;25-,26-,27-/m11/s1. The lowest BCUT2D eigenvalue weighted by molar-refractivity contribution is -0.159. The molecule has 6 atom stereocenters. The largest absolute Gasteiger partial charge is 0.371 e. The maximum atomic E-state index is 12.0. The summed E-state index contributed by atoms with van der Waals surface area (Å²) in [5.74, 6) is 2.05. The molecule has 0 aliphatic rings. The Hall–Kier alpha value is -4.55. The van der Waals surface area contributed by atoms with Gasteiger partial charge in [-0.25, -0.2) is 0 Å². The van der Waals surface area contributed by atoms with Crippen molar-refractivity contribution in [1.82, 2.24) is 0 Å². The molecule has 0 fully saturated rings. The predicted molar refractivity (Wildman–Crippen MR) is 277 cm³/mol. The van der Waals surface area contributed by atoms with Gasteiger partial charge in [0, 0.05) is 0 Å². The fourth-order valence-electron chi connectivity index (χ4n) is 7.45. The molecule has 7 nitrogen and oxygen atoms in total. The molecule has 6 rings (SSSR count). The zero-order valence-electron chi connectivity index (χ0n) is 39.7. The average molecular weight is 943 g/mol. The van der Waals surface area contributed by atoms with Gasteiger partial charge in [-0.1, -0.05) is 210 Å². The molecule has 0 bridgehead atoms. The first-order valence-electron chi connectivity index (χ1n) is 23.7. The van der Waals surface area contributed by atoms with Gasteiger partial charge < -0.3 is 33.2 Å². The fraction of sp³-hybridized carbons (Fsp3) is 0.362. The molecule has 0 amide bonds. The number of benzene rings is 6. The van der Waals surface area contributed by atoms with Gasteiger partial charge in [-0.05, 0) is 57.7 Å². The van der Waals surface area contributed by atoms with Gasteiger partial charge in [0.25, 0.3) is 0 Å². The highest BCUT2D eigenvalue weighted by Crippen LogP contribution is 2.34. The monoisotopic (exact) mass is 942 g/mol. The van der Waals surface area contributed by atoms with Crippen LogP contribution in [0, 0.1) is 0 Å². The van der Waals surface area contributed by atoms with Crippen molar-refractivity contribution >= 4 is 29.8 Å². The van der Waals surface area contributed by atoms with Crippen LogP contribution in [0.5, 0.6) is 0 Å².